The van der Waals surface area contributed by atoms with E-state index >= 15 is 0 Å². The van der Waals surface area contributed by atoms with Crippen LogP contribution >= 0.6 is 19.6 Å². The first kappa shape index (κ1) is 23.1. The predicted molar refractivity (Wildman–Crippen MR) is 104 cm³/mol. The van der Waals surface area contributed by atoms with Crippen LogP contribution in [0.15, 0.2) is 24.1 Å². The number of allylic oxidation sites excluding steroid dienone is 1. The molecule has 1 aliphatic heterocycles. The van der Waals surface area contributed by atoms with Crippen molar-refractivity contribution in [2.75, 3.05) is 18.1 Å². The molecule has 12 nitrogen and oxygen atoms in total. The lowest BCUT2D eigenvalue weighted by atomic mass is 10.1. The van der Waals surface area contributed by atoms with E-state index in [-0.39, 0.29) is 11.5 Å². The highest BCUT2D eigenvalue weighted by molar-refractivity contribution is 7.99. The molecule has 1 saturated heterocycles. The van der Waals surface area contributed by atoms with Gasteiger partial charge in [0.2, 0.25) is 0 Å². The summed E-state index contributed by atoms with van der Waals surface area (Å²) in [4.78, 5) is 34.2. The van der Waals surface area contributed by atoms with E-state index in [1.54, 1.807) is 0 Å². The second-order valence-electron chi connectivity index (χ2n) is 6.64. The number of nitrogens with zero attached hydrogens (tertiary/aromatic N) is 4. The van der Waals surface area contributed by atoms with E-state index in [2.05, 4.69) is 26.1 Å². The molecule has 2 aromatic heterocycles. The predicted octanol–water partition coefficient (Wildman–Crippen LogP) is -0.679. The van der Waals surface area contributed by atoms with Gasteiger partial charge in [0.1, 0.15) is 23.8 Å². The molecule has 14 heteroatoms. The van der Waals surface area contributed by atoms with Crippen molar-refractivity contribution in [1.29, 1.82) is 0 Å². The number of rotatable bonds is 10. The van der Waals surface area contributed by atoms with Crippen molar-refractivity contribution in [1.82, 2.24) is 19.5 Å². The van der Waals surface area contributed by atoms with E-state index in [1.165, 1.54) is 22.7 Å². The molecule has 4 atom stereocenters. The van der Waals surface area contributed by atoms with E-state index in [0.29, 0.717) is 10.7 Å². The molecule has 1 fully saturated rings. The van der Waals surface area contributed by atoms with E-state index in [0.717, 1.165) is 25.0 Å². The lowest BCUT2D eigenvalue weighted by Crippen LogP contribution is -2.34. The summed E-state index contributed by atoms with van der Waals surface area (Å²) in [7, 11) is -5.25. The second kappa shape index (κ2) is 9.71. The number of fused-ring (bicyclic) bond motifs is 1. The Morgan fingerprint density at radius 2 is 2.13 bits per heavy atom. The molecule has 3 heterocycles. The third-order valence-electron chi connectivity index (χ3n) is 4.47. The molecule has 0 saturated carbocycles. The maximum Gasteiger partial charge on any atom is 0.191 e. The molecule has 166 valence electrons. The van der Waals surface area contributed by atoms with Crippen LogP contribution in [-0.4, -0.2) is 60.4 Å². The largest absolute Gasteiger partial charge is 0.790 e. The van der Waals surface area contributed by atoms with Gasteiger partial charge in [-0.2, -0.15) is 0 Å². The molecule has 3 rings (SSSR count). The number of imidazole rings is 1. The van der Waals surface area contributed by atoms with E-state index in [1.807, 2.05) is 6.08 Å². The number of ether oxygens (including phenoxy) is 1. The van der Waals surface area contributed by atoms with Gasteiger partial charge in [-0.25, -0.2) is 15.0 Å². The number of aliphatic hydroxyl groups excluding tert-OH is 2. The number of anilines is 1. The van der Waals surface area contributed by atoms with Crippen molar-refractivity contribution in [3.05, 3.63) is 19.0 Å². The van der Waals surface area contributed by atoms with Gasteiger partial charge in [-0.1, -0.05) is 17.8 Å². The van der Waals surface area contributed by atoms with Gasteiger partial charge >= 0.3 is 0 Å². The zero-order valence-corrected chi connectivity index (χ0v) is 17.6. The number of thioether (sulfide) groups is 1. The number of aliphatic hydroxyl groups is 2. The van der Waals surface area contributed by atoms with Crippen LogP contribution in [0.1, 0.15) is 25.5 Å². The second-order valence-corrected chi connectivity index (χ2v) is 8.85. The molecule has 30 heavy (non-hydrogen) atoms. The summed E-state index contributed by atoms with van der Waals surface area (Å²) in [6, 6.07) is 0. The zero-order valence-electron chi connectivity index (χ0n) is 15.9. The van der Waals surface area contributed by atoms with Crippen LogP contribution in [0, 0.1) is 0 Å². The van der Waals surface area contributed by atoms with Crippen LogP contribution in [0.25, 0.3) is 11.2 Å². The van der Waals surface area contributed by atoms with Crippen molar-refractivity contribution < 1.29 is 33.8 Å². The number of phosphoric acid groups is 1. The fourth-order valence-corrected chi connectivity index (χ4v) is 4.16. The van der Waals surface area contributed by atoms with Crippen LogP contribution in [0.3, 0.4) is 0 Å². The van der Waals surface area contributed by atoms with Crippen molar-refractivity contribution >= 4 is 36.6 Å². The average molecular weight is 459 g/mol. The number of hydrogen-bond acceptors (Lipinski definition) is 12. The van der Waals surface area contributed by atoms with E-state index in [4.69, 9.17) is 10.5 Å². The summed E-state index contributed by atoms with van der Waals surface area (Å²) in [5.74, 6) is 0.928. The lowest BCUT2D eigenvalue weighted by molar-refractivity contribution is -0.343. The Morgan fingerprint density at radius 1 is 1.37 bits per heavy atom. The Hall–Kier alpha value is -1.57. The Kier molecular flexibility index (Phi) is 7.47. The van der Waals surface area contributed by atoms with Gasteiger partial charge in [0.25, 0.3) is 0 Å². The van der Waals surface area contributed by atoms with Gasteiger partial charge in [-0.15, -0.1) is 6.58 Å². The van der Waals surface area contributed by atoms with Crippen LogP contribution in [0.4, 0.5) is 5.82 Å². The molecule has 0 aromatic carbocycles. The number of unbranched alkanes of at least 4 members (excludes halogenated alkanes) is 2. The molecule has 4 N–H and O–H groups in total. The highest BCUT2D eigenvalue weighted by Gasteiger charge is 2.44. The number of phosphoric ester groups is 1. The molecule has 0 aliphatic carbocycles. The smallest absolute Gasteiger partial charge is 0.191 e. The first-order chi connectivity index (χ1) is 14.2. The molecule has 0 bridgehead atoms. The SMILES string of the molecule is C=CCCCCSc1nc(N)c2ncn([C@@H]3O[C@H](COP(=O)([O-])[O-])[C@@H](O)[C@H]3O)c2n1. The number of nitrogen functional groups attached to an aromatic ring is 1. The normalized spacial score (nSPS) is 24.5. The Bertz CT molecular complexity index is 938. The summed E-state index contributed by atoms with van der Waals surface area (Å²) >= 11 is 1.42. The first-order valence-electron chi connectivity index (χ1n) is 9.13. The van der Waals surface area contributed by atoms with Gasteiger partial charge in [0, 0.05) is 5.75 Å². The maximum atomic E-state index is 10.7. The van der Waals surface area contributed by atoms with Crippen LogP contribution in [0.2, 0.25) is 0 Å². The van der Waals surface area contributed by atoms with Crippen LogP contribution in [0.5, 0.6) is 0 Å². The molecule has 0 spiro atoms. The Morgan fingerprint density at radius 3 is 2.83 bits per heavy atom. The number of hydrogen-bond donors (Lipinski definition) is 3. The molecule has 0 radical (unpaired) electrons. The topological polar surface area (TPSA) is 192 Å². The van der Waals surface area contributed by atoms with Gasteiger partial charge in [0.15, 0.2) is 22.8 Å². The Balaban J connectivity index is 1.78. The van der Waals surface area contributed by atoms with Gasteiger partial charge in [0.05, 0.1) is 20.8 Å². The third kappa shape index (κ3) is 5.37. The molecule has 1 aliphatic rings. The molecular weight excluding hydrogens is 437 g/mol. The molecular formula is C16H22N5O7PS-2. The standard InChI is InChI=1S/C16H24N5O7PS/c1-2-3-4-5-6-30-16-19-13(17)10-14(20-16)21(8-18-10)15-12(23)11(22)9(28-15)7-27-29(24,25)26/h2,8-9,11-12,15,22-23H,1,3-7H2,(H2,17,19,20)(H2,24,25,26)/p-2/t9-,11-,12-,15-/m1/s1. The fourth-order valence-electron chi connectivity index (χ4n) is 2.98. The lowest BCUT2D eigenvalue weighted by Gasteiger charge is -2.30. The Labute approximate surface area is 176 Å². The van der Waals surface area contributed by atoms with Crippen molar-refractivity contribution in [2.45, 2.75) is 49.0 Å². The minimum absolute atomic E-state index is 0.152. The fraction of sp³-hybridized carbons (Fsp3) is 0.562. The summed E-state index contributed by atoms with van der Waals surface area (Å²) in [6.45, 7) is 2.96. The summed E-state index contributed by atoms with van der Waals surface area (Å²) in [6.07, 6.45) is 0.728. The summed E-state index contributed by atoms with van der Waals surface area (Å²) in [5.41, 5.74) is 6.55. The quantitative estimate of drug-likeness (QED) is 0.133. The van der Waals surface area contributed by atoms with Crippen molar-refractivity contribution in [2.24, 2.45) is 0 Å². The summed E-state index contributed by atoms with van der Waals surface area (Å²) in [5, 5.41) is 20.9. The third-order valence-corrected chi connectivity index (χ3v) is 5.87. The molecule has 2 aromatic rings. The number of aromatic nitrogens is 4. The van der Waals surface area contributed by atoms with Gasteiger partial charge in [-0.05, 0) is 19.3 Å². The van der Waals surface area contributed by atoms with Crippen molar-refractivity contribution in [3.8, 4) is 0 Å². The minimum atomic E-state index is -5.25. The van der Waals surface area contributed by atoms with Crippen LogP contribution < -0.4 is 15.5 Å². The maximum absolute atomic E-state index is 10.7. The average Bonchev–Trinajstić information content (AvgIpc) is 3.21. The van der Waals surface area contributed by atoms with Gasteiger partial charge in [-0.3, -0.25) is 4.57 Å². The van der Waals surface area contributed by atoms with E-state index in [9.17, 15) is 24.6 Å². The van der Waals surface area contributed by atoms with Gasteiger partial charge < -0.3 is 39.6 Å². The molecule has 0 amide bonds. The minimum Gasteiger partial charge on any atom is -0.790 e. The monoisotopic (exact) mass is 459 g/mol. The molecule has 0 unspecified atom stereocenters. The zero-order chi connectivity index (χ0) is 21.9. The highest BCUT2D eigenvalue weighted by atomic mass is 32.2. The first-order valence-corrected chi connectivity index (χ1v) is 11.6. The van der Waals surface area contributed by atoms with E-state index < -0.39 is 39.0 Å². The highest BCUT2D eigenvalue weighted by Crippen LogP contribution is 2.35. The summed E-state index contributed by atoms with van der Waals surface area (Å²) < 4.78 is 21.7. The number of nitrogens with two attached hydrogens (primary N) is 1. The van der Waals surface area contributed by atoms with Crippen LogP contribution in [-0.2, 0) is 13.8 Å². The van der Waals surface area contributed by atoms with Crippen molar-refractivity contribution in [3.63, 3.8) is 0 Å².